The van der Waals surface area contributed by atoms with E-state index >= 15 is 0 Å². The number of carbonyl (C=O) groups is 2. The summed E-state index contributed by atoms with van der Waals surface area (Å²) in [5, 5.41) is 9.14. The SMILES string of the molecule is CC(C)(C)OC(=O)[C@@H](CCC(=O)O)NS(=O)(=O)c1ccc(Cl)cc1. The highest BCUT2D eigenvalue weighted by Gasteiger charge is 2.30. The van der Waals surface area contributed by atoms with Gasteiger partial charge in [-0.25, -0.2) is 8.42 Å². The molecule has 0 heterocycles. The number of sulfonamides is 1. The number of carbonyl (C=O) groups excluding carboxylic acids is 1. The Morgan fingerprint density at radius 2 is 1.79 bits per heavy atom. The van der Waals surface area contributed by atoms with E-state index in [0.717, 1.165) is 0 Å². The predicted molar refractivity (Wildman–Crippen MR) is 88.3 cm³/mol. The average molecular weight is 378 g/mol. The van der Waals surface area contributed by atoms with E-state index in [0.29, 0.717) is 5.02 Å². The van der Waals surface area contributed by atoms with Gasteiger partial charge in [-0.15, -0.1) is 0 Å². The van der Waals surface area contributed by atoms with Gasteiger partial charge >= 0.3 is 11.9 Å². The molecule has 0 unspecified atom stereocenters. The number of carboxylic acids is 1. The van der Waals surface area contributed by atoms with Gasteiger partial charge in [-0.3, -0.25) is 9.59 Å². The Labute approximate surface area is 146 Å². The second kappa shape index (κ2) is 7.96. The Bertz CT molecular complexity index is 694. The Balaban J connectivity index is 2.99. The average Bonchev–Trinajstić information content (AvgIpc) is 2.41. The molecule has 9 heteroatoms. The molecule has 0 bridgehead atoms. The molecule has 0 aromatic heterocycles. The van der Waals surface area contributed by atoms with Crippen LogP contribution in [0.15, 0.2) is 29.2 Å². The molecular weight excluding hydrogens is 358 g/mol. The lowest BCUT2D eigenvalue weighted by Gasteiger charge is -2.24. The number of benzene rings is 1. The molecule has 134 valence electrons. The van der Waals surface area contributed by atoms with Crippen molar-refractivity contribution in [2.45, 2.75) is 50.2 Å². The van der Waals surface area contributed by atoms with E-state index in [1.807, 2.05) is 0 Å². The maximum Gasteiger partial charge on any atom is 0.324 e. The van der Waals surface area contributed by atoms with Gasteiger partial charge in [-0.1, -0.05) is 11.6 Å². The minimum atomic E-state index is -4.03. The first-order valence-electron chi connectivity index (χ1n) is 7.13. The van der Waals surface area contributed by atoms with Gasteiger partial charge in [0.2, 0.25) is 10.0 Å². The highest BCUT2D eigenvalue weighted by atomic mass is 35.5. The quantitative estimate of drug-likeness (QED) is 0.705. The third kappa shape index (κ3) is 6.86. The molecule has 0 aliphatic carbocycles. The van der Waals surface area contributed by atoms with E-state index in [9.17, 15) is 18.0 Å². The van der Waals surface area contributed by atoms with E-state index in [-0.39, 0.29) is 17.7 Å². The van der Waals surface area contributed by atoms with Gasteiger partial charge in [-0.05, 0) is 51.5 Å². The maximum absolute atomic E-state index is 12.4. The molecule has 0 aliphatic heterocycles. The topological polar surface area (TPSA) is 110 Å². The molecule has 2 N–H and O–H groups in total. The van der Waals surface area contributed by atoms with Crippen molar-refractivity contribution >= 4 is 33.6 Å². The van der Waals surface area contributed by atoms with Crippen LogP contribution >= 0.6 is 11.6 Å². The summed E-state index contributed by atoms with van der Waals surface area (Å²) < 4.78 is 32.1. The molecule has 1 atom stereocenters. The summed E-state index contributed by atoms with van der Waals surface area (Å²) >= 11 is 5.72. The minimum absolute atomic E-state index is 0.0872. The number of esters is 1. The fraction of sp³-hybridized carbons (Fsp3) is 0.467. The Hall–Kier alpha value is -1.64. The molecule has 7 nitrogen and oxygen atoms in total. The molecule has 0 fully saturated rings. The number of aliphatic carboxylic acids is 1. The van der Waals surface area contributed by atoms with Gasteiger partial charge in [-0.2, -0.15) is 4.72 Å². The summed E-state index contributed by atoms with van der Waals surface area (Å²) in [5.74, 6) is -1.98. The van der Waals surface area contributed by atoms with Crippen molar-refractivity contribution in [2.24, 2.45) is 0 Å². The van der Waals surface area contributed by atoms with Gasteiger partial charge in [0.15, 0.2) is 0 Å². The second-order valence-electron chi connectivity index (χ2n) is 6.09. The normalized spacial score (nSPS) is 13.3. The summed E-state index contributed by atoms with van der Waals surface area (Å²) in [7, 11) is -4.03. The van der Waals surface area contributed by atoms with Crippen LogP contribution in [0.4, 0.5) is 0 Å². The molecular formula is C15H20ClNO6S. The summed E-state index contributed by atoms with van der Waals surface area (Å²) in [6.45, 7) is 4.90. The monoisotopic (exact) mass is 377 g/mol. The van der Waals surface area contributed by atoms with Crippen molar-refractivity contribution in [2.75, 3.05) is 0 Å². The molecule has 24 heavy (non-hydrogen) atoms. The molecule has 0 saturated heterocycles. The van der Waals surface area contributed by atoms with Crippen molar-refractivity contribution in [3.05, 3.63) is 29.3 Å². The van der Waals surface area contributed by atoms with Gasteiger partial charge in [0.25, 0.3) is 0 Å². The first-order chi connectivity index (χ1) is 10.9. The molecule has 0 amide bonds. The fourth-order valence-corrected chi connectivity index (χ4v) is 3.08. The van der Waals surface area contributed by atoms with E-state index < -0.39 is 33.6 Å². The number of carboxylic acid groups (broad SMARTS) is 1. The number of hydrogen-bond acceptors (Lipinski definition) is 5. The van der Waals surface area contributed by atoms with Gasteiger partial charge < -0.3 is 9.84 Å². The lowest BCUT2D eigenvalue weighted by atomic mass is 10.1. The van der Waals surface area contributed by atoms with Crippen molar-refractivity contribution < 1.29 is 27.9 Å². The van der Waals surface area contributed by atoms with Crippen LogP contribution in [0.3, 0.4) is 0 Å². The standard InChI is InChI=1S/C15H20ClNO6S/c1-15(2,3)23-14(20)12(8-9-13(18)19)17-24(21,22)11-6-4-10(16)5-7-11/h4-7,12,17H,8-9H2,1-3H3,(H,18,19)/t12-/m1/s1. The smallest absolute Gasteiger partial charge is 0.324 e. The van der Waals surface area contributed by atoms with Gasteiger partial charge in [0.05, 0.1) is 4.90 Å². The van der Waals surface area contributed by atoms with Crippen LogP contribution in [0.1, 0.15) is 33.6 Å². The third-order valence-electron chi connectivity index (χ3n) is 2.76. The zero-order chi connectivity index (χ0) is 18.5. The van der Waals surface area contributed by atoms with E-state index in [4.69, 9.17) is 21.4 Å². The first-order valence-corrected chi connectivity index (χ1v) is 8.99. The second-order valence-corrected chi connectivity index (χ2v) is 8.24. The fourth-order valence-electron chi connectivity index (χ4n) is 1.73. The lowest BCUT2D eigenvalue weighted by molar-refractivity contribution is -0.157. The Morgan fingerprint density at radius 1 is 1.25 bits per heavy atom. The molecule has 1 aromatic rings. The van der Waals surface area contributed by atoms with Crippen LogP contribution in [0, 0.1) is 0 Å². The van der Waals surface area contributed by atoms with Crippen LogP contribution < -0.4 is 4.72 Å². The maximum atomic E-state index is 12.4. The summed E-state index contributed by atoms with van der Waals surface area (Å²) in [4.78, 5) is 22.8. The van der Waals surface area contributed by atoms with Crippen molar-refractivity contribution in [3.63, 3.8) is 0 Å². The van der Waals surface area contributed by atoms with Gasteiger partial charge in [0, 0.05) is 11.4 Å². The number of ether oxygens (including phenoxy) is 1. The third-order valence-corrected chi connectivity index (χ3v) is 4.50. The summed E-state index contributed by atoms with van der Waals surface area (Å²) in [6.07, 6.45) is -0.607. The molecule has 1 rings (SSSR count). The molecule has 0 saturated carbocycles. The summed E-state index contributed by atoms with van der Waals surface area (Å²) in [5.41, 5.74) is -0.829. The van der Waals surface area contributed by atoms with Crippen molar-refractivity contribution in [1.82, 2.24) is 4.72 Å². The Kier molecular flexibility index (Phi) is 6.76. The highest BCUT2D eigenvalue weighted by Crippen LogP contribution is 2.16. The number of halogens is 1. The molecule has 0 aliphatic rings. The zero-order valence-corrected chi connectivity index (χ0v) is 15.1. The van der Waals surface area contributed by atoms with E-state index in [2.05, 4.69) is 4.72 Å². The molecule has 0 spiro atoms. The van der Waals surface area contributed by atoms with E-state index in [1.165, 1.54) is 24.3 Å². The van der Waals surface area contributed by atoms with Crippen LogP contribution in [0.25, 0.3) is 0 Å². The number of nitrogens with one attached hydrogen (secondary N) is 1. The number of hydrogen-bond donors (Lipinski definition) is 2. The van der Waals surface area contributed by atoms with Crippen LogP contribution in [-0.4, -0.2) is 37.1 Å². The zero-order valence-electron chi connectivity index (χ0n) is 13.6. The lowest BCUT2D eigenvalue weighted by Crippen LogP contribution is -2.44. The molecule has 0 radical (unpaired) electrons. The Morgan fingerprint density at radius 3 is 2.25 bits per heavy atom. The summed E-state index contributed by atoms with van der Waals surface area (Å²) in [6, 6.07) is 4.06. The van der Waals surface area contributed by atoms with Crippen molar-refractivity contribution in [1.29, 1.82) is 0 Å². The van der Waals surface area contributed by atoms with E-state index in [1.54, 1.807) is 20.8 Å². The number of rotatable bonds is 7. The minimum Gasteiger partial charge on any atom is -0.481 e. The highest BCUT2D eigenvalue weighted by molar-refractivity contribution is 7.89. The van der Waals surface area contributed by atoms with Crippen molar-refractivity contribution in [3.8, 4) is 0 Å². The van der Waals surface area contributed by atoms with Crippen LogP contribution in [-0.2, 0) is 24.3 Å². The van der Waals surface area contributed by atoms with Gasteiger partial charge in [0.1, 0.15) is 11.6 Å². The predicted octanol–water partition coefficient (Wildman–Crippen LogP) is 2.19. The molecule has 1 aromatic carbocycles. The van der Waals surface area contributed by atoms with Crippen LogP contribution in [0.2, 0.25) is 5.02 Å². The first kappa shape index (κ1) is 20.4. The largest absolute Gasteiger partial charge is 0.481 e. The van der Waals surface area contributed by atoms with Crippen LogP contribution in [0.5, 0.6) is 0 Å².